The lowest BCUT2D eigenvalue weighted by Gasteiger charge is -2.04. The van der Waals surface area contributed by atoms with Crippen molar-refractivity contribution in [3.8, 4) is 5.75 Å². The maximum Gasteiger partial charge on any atom is 0.122 e. The highest BCUT2D eigenvalue weighted by Crippen LogP contribution is 2.48. The molecule has 1 aromatic rings. The number of hydrogen-bond acceptors (Lipinski definition) is 2. The molecule has 0 bridgehead atoms. The Morgan fingerprint density at radius 3 is 3.24 bits per heavy atom. The van der Waals surface area contributed by atoms with Crippen molar-refractivity contribution in [2.75, 3.05) is 19.7 Å². The maximum absolute atomic E-state index is 5.55. The van der Waals surface area contributed by atoms with Crippen LogP contribution in [0.15, 0.2) is 18.2 Å². The van der Waals surface area contributed by atoms with Crippen LogP contribution in [0.25, 0.3) is 0 Å². The van der Waals surface area contributed by atoms with E-state index in [0.29, 0.717) is 0 Å². The Morgan fingerprint density at radius 2 is 2.35 bits per heavy atom. The first-order valence-electron chi connectivity index (χ1n) is 6.85. The van der Waals surface area contributed by atoms with Gasteiger partial charge in [0, 0.05) is 6.42 Å². The zero-order valence-electron chi connectivity index (χ0n) is 10.5. The lowest BCUT2D eigenvalue weighted by Crippen LogP contribution is -2.17. The first-order valence-corrected chi connectivity index (χ1v) is 6.85. The Morgan fingerprint density at radius 1 is 1.41 bits per heavy atom. The van der Waals surface area contributed by atoms with Crippen LogP contribution in [-0.4, -0.2) is 19.7 Å². The minimum atomic E-state index is 0.797. The van der Waals surface area contributed by atoms with Gasteiger partial charge in [0.2, 0.25) is 0 Å². The van der Waals surface area contributed by atoms with Gasteiger partial charge in [-0.3, -0.25) is 0 Å². The van der Waals surface area contributed by atoms with E-state index in [1.165, 1.54) is 30.5 Å². The van der Waals surface area contributed by atoms with Gasteiger partial charge in [0.15, 0.2) is 0 Å². The molecule has 1 aromatic carbocycles. The van der Waals surface area contributed by atoms with Gasteiger partial charge >= 0.3 is 0 Å². The molecule has 1 saturated carbocycles. The van der Waals surface area contributed by atoms with Gasteiger partial charge in [-0.15, -0.1) is 0 Å². The number of nitrogens with one attached hydrogen (secondary N) is 1. The molecular weight excluding hydrogens is 210 g/mol. The minimum Gasteiger partial charge on any atom is -0.493 e. The first kappa shape index (κ1) is 11.1. The SMILES string of the molecule is CCCNCC1CC1c1ccc2c(c1)CCO2. The standard InChI is InChI=1S/C15H21NO/c1-2-6-16-10-13-9-14(13)11-3-4-15-12(8-11)5-7-17-15/h3-4,8,13-14,16H,2,5-7,9-10H2,1H3. The van der Waals surface area contributed by atoms with Crippen molar-refractivity contribution in [2.24, 2.45) is 5.92 Å². The molecule has 1 aliphatic heterocycles. The zero-order valence-corrected chi connectivity index (χ0v) is 10.5. The van der Waals surface area contributed by atoms with Crippen molar-refractivity contribution in [2.45, 2.75) is 32.1 Å². The van der Waals surface area contributed by atoms with Crippen LogP contribution in [0.2, 0.25) is 0 Å². The van der Waals surface area contributed by atoms with Gasteiger partial charge in [0.1, 0.15) is 5.75 Å². The van der Waals surface area contributed by atoms with E-state index >= 15 is 0 Å². The summed E-state index contributed by atoms with van der Waals surface area (Å²) in [5.74, 6) is 2.77. The van der Waals surface area contributed by atoms with Gasteiger partial charge in [-0.1, -0.05) is 19.1 Å². The monoisotopic (exact) mass is 231 g/mol. The molecule has 0 amide bonds. The van der Waals surface area contributed by atoms with Crippen molar-refractivity contribution >= 4 is 0 Å². The van der Waals surface area contributed by atoms with Gasteiger partial charge in [-0.2, -0.15) is 0 Å². The lowest BCUT2D eigenvalue weighted by molar-refractivity contribution is 0.357. The Bertz CT molecular complexity index is 402. The summed E-state index contributed by atoms with van der Waals surface area (Å²) in [5, 5.41) is 3.52. The topological polar surface area (TPSA) is 21.3 Å². The molecule has 1 fully saturated rings. The first-order chi connectivity index (χ1) is 8.38. The summed E-state index contributed by atoms with van der Waals surface area (Å²) >= 11 is 0. The lowest BCUT2D eigenvalue weighted by atomic mass is 10.0. The van der Waals surface area contributed by atoms with Crippen molar-refractivity contribution in [1.29, 1.82) is 0 Å². The van der Waals surface area contributed by atoms with E-state index in [9.17, 15) is 0 Å². The van der Waals surface area contributed by atoms with Crippen LogP contribution in [0, 0.1) is 5.92 Å². The predicted molar refractivity (Wildman–Crippen MR) is 69.6 cm³/mol. The van der Waals surface area contributed by atoms with E-state index in [1.807, 2.05) is 0 Å². The van der Waals surface area contributed by atoms with Gasteiger partial charge in [0.05, 0.1) is 6.61 Å². The molecular formula is C15H21NO. The second-order valence-electron chi connectivity index (χ2n) is 5.27. The molecule has 2 unspecified atom stereocenters. The molecule has 3 rings (SSSR count). The van der Waals surface area contributed by atoms with Gasteiger partial charge in [0.25, 0.3) is 0 Å². The number of fused-ring (bicyclic) bond motifs is 1. The molecule has 0 spiro atoms. The van der Waals surface area contributed by atoms with Crippen LogP contribution in [0.5, 0.6) is 5.75 Å². The zero-order chi connectivity index (χ0) is 11.7. The number of hydrogen-bond donors (Lipinski definition) is 1. The highest BCUT2D eigenvalue weighted by Gasteiger charge is 2.38. The molecule has 17 heavy (non-hydrogen) atoms. The van der Waals surface area contributed by atoms with Crippen LogP contribution in [0.1, 0.15) is 36.8 Å². The third-order valence-electron chi connectivity index (χ3n) is 3.90. The minimum absolute atomic E-state index is 0.797. The van der Waals surface area contributed by atoms with Crippen LogP contribution in [0.4, 0.5) is 0 Å². The molecule has 0 aromatic heterocycles. The third kappa shape index (κ3) is 2.32. The fraction of sp³-hybridized carbons (Fsp3) is 0.600. The molecule has 2 nitrogen and oxygen atoms in total. The van der Waals surface area contributed by atoms with E-state index < -0.39 is 0 Å². The summed E-state index contributed by atoms with van der Waals surface area (Å²) < 4.78 is 5.55. The van der Waals surface area contributed by atoms with Crippen LogP contribution in [-0.2, 0) is 6.42 Å². The predicted octanol–water partition coefficient (Wildman–Crippen LogP) is 2.72. The second-order valence-corrected chi connectivity index (χ2v) is 5.27. The average molecular weight is 231 g/mol. The van der Waals surface area contributed by atoms with Crippen LogP contribution < -0.4 is 10.1 Å². The number of benzene rings is 1. The Balaban J connectivity index is 1.59. The summed E-state index contributed by atoms with van der Waals surface area (Å²) in [6.07, 6.45) is 3.68. The molecule has 92 valence electrons. The van der Waals surface area contributed by atoms with Crippen molar-refractivity contribution < 1.29 is 4.74 Å². The van der Waals surface area contributed by atoms with E-state index in [4.69, 9.17) is 4.74 Å². The molecule has 0 saturated heterocycles. The molecule has 0 radical (unpaired) electrons. The van der Waals surface area contributed by atoms with E-state index in [-0.39, 0.29) is 0 Å². The molecule has 1 aliphatic carbocycles. The van der Waals surface area contributed by atoms with Crippen LogP contribution >= 0.6 is 0 Å². The van der Waals surface area contributed by atoms with E-state index in [1.54, 1.807) is 0 Å². The van der Waals surface area contributed by atoms with Crippen LogP contribution in [0.3, 0.4) is 0 Å². The fourth-order valence-corrected chi connectivity index (χ4v) is 2.78. The van der Waals surface area contributed by atoms with Crippen molar-refractivity contribution in [1.82, 2.24) is 5.32 Å². The second kappa shape index (κ2) is 4.69. The molecule has 2 heteroatoms. The Hall–Kier alpha value is -1.02. The van der Waals surface area contributed by atoms with E-state index in [0.717, 1.165) is 37.2 Å². The highest BCUT2D eigenvalue weighted by molar-refractivity contribution is 5.42. The summed E-state index contributed by atoms with van der Waals surface area (Å²) in [5.41, 5.74) is 2.94. The quantitative estimate of drug-likeness (QED) is 0.787. The number of ether oxygens (including phenoxy) is 1. The molecule has 1 N–H and O–H groups in total. The van der Waals surface area contributed by atoms with E-state index in [2.05, 4.69) is 30.4 Å². The number of rotatable bonds is 5. The molecule has 1 heterocycles. The van der Waals surface area contributed by atoms with Gasteiger partial charge in [-0.05, 0) is 55.0 Å². The van der Waals surface area contributed by atoms with Crippen molar-refractivity contribution in [3.63, 3.8) is 0 Å². The summed E-state index contributed by atoms with van der Waals surface area (Å²) in [7, 11) is 0. The maximum atomic E-state index is 5.55. The Kier molecular flexibility index (Phi) is 3.06. The third-order valence-corrected chi connectivity index (χ3v) is 3.90. The van der Waals surface area contributed by atoms with Gasteiger partial charge in [-0.25, -0.2) is 0 Å². The smallest absolute Gasteiger partial charge is 0.122 e. The Labute approximate surface area is 103 Å². The average Bonchev–Trinajstić information content (AvgIpc) is 2.97. The molecule has 2 aliphatic rings. The fourth-order valence-electron chi connectivity index (χ4n) is 2.78. The highest BCUT2D eigenvalue weighted by atomic mass is 16.5. The largest absolute Gasteiger partial charge is 0.493 e. The molecule has 2 atom stereocenters. The summed E-state index contributed by atoms with van der Waals surface area (Å²) in [6.45, 7) is 5.43. The summed E-state index contributed by atoms with van der Waals surface area (Å²) in [4.78, 5) is 0. The summed E-state index contributed by atoms with van der Waals surface area (Å²) in [6, 6.07) is 6.79. The normalized spacial score (nSPS) is 25.5. The van der Waals surface area contributed by atoms with Gasteiger partial charge < -0.3 is 10.1 Å². The van der Waals surface area contributed by atoms with Crippen molar-refractivity contribution in [3.05, 3.63) is 29.3 Å².